The van der Waals surface area contributed by atoms with Gasteiger partial charge in [0, 0.05) is 69.3 Å². The number of nitrogens with two attached hydrogens (primary N) is 1. The number of hydrogen-bond acceptors (Lipinski definition) is 12. The molecule has 3 aromatic rings. The lowest BCUT2D eigenvalue weighted by atomic mass is 10.1. The zero-order valence-electron chi connectivity index (χ0n) is 22.6. The number of rotatable bonds is 6. The van der Waals surface area contributed by atoms with Gasteiger partial charge >= 0.3 is 0 Å². The average molecular weight is 586 g/mol. The van der Waals surface area contributed by atoms with Gasteiger partial charge in [-0.25, -0.2) is 27.8 Å². The maximum Gasteiger partial charge on any atom is 0.243 e. The van der Waals surface area contributed by atoms with Gasteiger partial charge in [-0.15, -0.1) is 0 Å². The molecular weight excluding hydrogens is 553 g/mol. The van der Waals surface area contributed by atoms with E-state index in [9.17, 15) is 13.5 Å². The van der Waals surface area contributed by atoms with Gasteiger partial charge in [-0.1, -0.05) is 0 Å². The number of aromatic nitrogens is 4. The fourth-order valence-electron chi connectivity index (χ4n) is 5.42. The first-order valence-electron chi connectivity index (χ1n) is 13.5. The lowest BCUT2D eigenvalue weighted by Crippen LogP contribution is -2.51. The number of anilines is 4. The summed E-state index contributed by atoms with van der Waals surface area (Å²) in [5.41, 5.74) is 8.07. The van der Waals surface area contributed by atoms with Crippen LogP contribution in [0, 0.1) is 5.82 Å². The SMILES string of the molecule is CC(O)N1CCN(S(=O)(=O)c2ccc(N3CCc4c(-c5cnc(N)nc5)nc(N5CCOCC5)nc43)c(F)c2)CC1. The van der Waals surface area contributed by atoms with E-state index < -0.39 is 22.1 Å². The van der Waals surface area contributed by atoms with Gasteiger partial charge in [0.15, 0.2) is 0 Å². The molecule has 218 valence electrons. The van der Waals surface area contributed by atoms with Crippen molar-refractivity contribution in [1.82, 2.24) is 29.1 Å². The number of benzene rings is 1. The summed E-state index contributed by atoms with van der Waals surface area (Å²) in [6.07, 6.45) is 3.11. The molecule has 2 fully saturated rings. The van der Waals surface area contributed by atoms with Crippen LogP contribution in [0.15, 0.2) is 35.5 Å². The van der Waals surface area contributed by atoms with E-state index in [1.54, 1.807) is 29.1 Å². The summed E-state index contributed by atoms with van der Waals surface area (Å²) in [4.78, 5) is 23.4. The largest absolute Gasteiger partial charge is 0.379 e. The lowest BCUT2D eigenvalue weighted by molar-refractivity contribution is -0.000180. The maximum absolute atomic E-state index is 15.7. The number of nitrogen functional groups attached to an aromatic ring is 1. The third-order valence-corrected chi connectivity index (χ3v) is 9.60. The molecule has 2 aromatic heterocycles. The molecule has 0 spiro atoms. The Morgan fingerprint density at radius 1 is 1.02 bits per heavy atom. The Bertz CT molecular complexity index is 1530. The summed E-state index contributed by atoms with van der Waals surface area (Å²) in [5.74, 6) is 0.528. The van der Waals surface area contributed by atoms with Crippen molar-refractivity contribution in [2.75, 3.05) is 74.6 Å². The lowest BCUT2D eigenvalue weighted by Gasteiger charge is -2.35. The second-order valence-corrected chi connectivity index (χ2v) is 12.1. The number of aliphatic hydroxyl groups excluding tert-OH is 1. The molecular formula is C26H32FN9O4S. The average Bonchev–Trinajstić information content (AvgIpc) is 3.41. The maximum atomic E-state index is 15.7. The van der Waals surface area contributed by atoms with Crippen LogP contribution in [-0.2, 0) is 21.2 Å². The molecule has 3 N–H and O–H groups in total. The molecule has 1 atom stereocenters. The summed E-state index contributed by atoms with van der Waals surface area (Å²) in [6, 6.07) is 4.00. The summed E-state index contributed by atoms with van der Waals surface area (Å²) in [5, 5.41) is 9.78. The first kappa shape index (κ1) is 27.7. The number of piperazine rings is 1. The highest BCUT2D eigenvalue weighted by molar-refractivity contribution is 7.89. The van der Waals surface area contributed by atoms with Crippen molar-refractivity contribution in [2.24, 2.45) is 0 Å². The van der Waals surface area contributed by atoms with Gasteiger partial charge in [-0.3, -0.25) is 4.90 Å². The van der Waals surface area contributed by atoms with E-state index >= 15 is 4.39 Å². The van der Waals surface area contributed by atoms with E-state index in [0.29, 0.717) is 75.4 Å². The van der Waals surface area contributed by atoms with Gasteiger partial charge < -0.3 is 25.4 Å². The van der Waals surface area contributed by atoms with E-state index in [2.05, 4.69) is 9.97 Å². The molecule has 15 heteroatoms. The Kier molecular flexibility index (Phi) is 7.46. The zero-order valence-corrected chi connectivity index (χ0v) is 23.5. The number of hydrogen-bond donors (Lipinski definition) is 2. The highest BCUT2D eigenvalue weighted by atomic mass is 32.2. The molecule has 0 saturated carbocycles. The molecule has 0 radical (unpaired) electrons. The van der Waals surface area contributed by atoms with Crippen LogP contribution < -0.4 is 15.5 Å². The Balaban J connectivity index is 1.33. The van der Waals surface area contributed by atoms with Crippen LogP contribution in [0.4, 0.5) is 27.8 Å². The number of nitrogens with zero attached hydrogens (tertiary/aromatic N) is 8. The number of halogens is 1. The minimum atomic E-state index is -3.90. The quantitative estimate of drug-likeness (QED) is 0.421. The van der Waals surface area contributed by atoms with Gasteiger partial charge in [-0.05, 0) is 31.5 Å². The zero-order chi connectivity index (χ0) is 28.7. The second-order valence-electron chi connectivity index (χ2n) is 10.2. The minimum absolute atomic E-state index is 0.111. The topological polar surface area (TPSA) is 154 Å². The first-order chi connectivity index (χ1) is 19.7. The molecule has 13 nitrogen and oxygen atoms in total. The third kappa shape index (κ3) is 5.30. The van der Waals surface area contributed by atoms with Crippen molar-refractivity contribution in [1.29, 1.82) is 0 Å². The van der Waals surface area contributed by atoms with E-state index in [4.69, 9.17) is 20.4 Å². The highest BCUT2D eigenvalue weighted by Crippen LogP contribution is 2.40. The molecule has 5 heterocycles. The minimum Gasteiger partial charge on any atom is -0.379 e. The molecule has 1 aromatic carbocycles. The second kappa shape index (κ2) is 11.1. The van der Waals surface area contributed by atoms with Gasteiger partial charge in [0.2, 0.25) is 21.9 Å². The smallest absolute Gasteiger partial charge is 0.243 e. The number of ether oxygens (including phenoxy) is 1. The van der Waals surface area contributed by atoms with Crippen molar-refractivity contribution >= 4 is 33.4 Å². The van der Waals surface area contributed by atoms with E-state index in [-0.39, 0.29) is 29.6 Å². The van der Waals surface area contributed by atoms with Crippen LogP contribution in [0.25, 0.3) is 11.3 Å². The number of aliphatic hydroxyl groups is 1. The summed E-state index contributed by atoms with van der Waals surface area (Å²) in [6.45, 7) is 5.63. The summed E-state index contributed by atoms with van der Waals surface area (Å²) in [7, 11) is -3.90. The van der Waals surface area contributed by atoms with Crippen LogP contribution in [0.1, 0.15) is 12.5 Å². The van der Waals surface area contributed by atoms with Crippen molar-refractivity contribution in [3.8, 4) is 11.3 Å². The Labute approximate surface area is 237 Å². The number of morpholine rings is 1. The first-order valence-corrected chi connectivity index (χ1v) is 15.0. The van der Waals surface area contributed by atoms with Gasteiger partial charge in [0.25, 0.3) is 0 Å². The Morgan fingerprint density at radius 2 is 1.73 bits per heavy atom. The van der Waals surface area contributed by atoms with Crippen LogP contribution >= 0.6 is 0 Å². The Morgan fingerprint density at radius 3 is 2.39 bits per heavy atom. The van der Waals surface area contributed by atoms with Crippen molar-refractivity contribution in [2.45, 2.75) is 24.5 Å². The standard InChI is InChI=1S/C26H32FN9O4S/c1-17(37)33-6-8-35(9-7-33)41(38,39)19-2-3-22(21(27)14-19)36-5-4-20-23(18-15-29-25(28)30-16-18)31-26(32-24(20)36)34-10-12-40-13-11-34/h2-3,14-17,37H,4-13H2,1H3,(H2,28,29,30). The molecule has 0 bridgehead atoms. The molecule has 2 saturated heterocycles. The number of sulfonamides is 1. The predicted molar refractivity (Wildman–Crippen MR) is 150 cm³/mol. The molecule has 0 amide bonds. The summed E-state index contributed by atoms with van der Waals surface area (Å²) >= 11 is 0. The predicted octanol–water partition coefficient (Wildman–Crippen LogP) is 0.830. The molecule has 6 rings (SSSR count). The molecule has 3 aliphatic rings. The fraction of sp³-hybridized carbons (Fsp3) is 0.462. The van der Waals surface area contributed by atoms with Gasteiger partial charge in [0.1, 0.15) is 17.9 Å². The normalized spacial score (nSPS) is 19.4. The van der Waals surface area contributed by atoms with Crippen molar-refractivity contribution in [3.63, 3.8) is 0 Å². The monoisotopic (exact) mass is 585 g/mol. The molecule has 41 heavy (non-hydrogen) atoms. The van der Waals surface area contributed by atoms with Gasteiger partial charge in [-0.2, -0.15) is 9.29 Å². The van der Waals surface area contributed by atoms with E-state index in [0.717, 1.165) is 11.6 Å². The van der Waals surface area contributed by atoms with Gasteiger partial charge in [0.05, 0.1) is 29.5 Å². The van der Waals surface area contributed by atoms with Crippen molar-refractivity contribution in [3.05, 3.63) is 42.0 Å². The molecule has 0 aliphatic carbocycles. The van der Waals surface area contributed by atoms with Crippen LogP contribution in [0.2, 0.25) is 0 Å². The van der Waals surface area contributed by atoms with E-state index in [1.165, 1.54) is 16.4 Å². The third-order valence-electron chi connectivity index (χ3n) is 7.70. The van der Waals surface area contributed by atoms with E-state index in [1.807, 2.05) is 4.90 Å². The Hall–Kier alpha value is -3.50. The molecule has 1 unspecified atom stereocenters. The highest BCUT2D eigenvalue weighted by Gasteiger charge is 2.33. The fourth-order valence-corrected chi connectivity index (χ4v) is 6.85. The van der Waals surface area contributed by atoms with Crippen LogP contribution in [0.5, 0.6) is 0 Å². The number of fused-ring (bicyclic) bond motifs is 1. The van der Waals surface area contributed by atoms with Crippen molar-refractivity contribution < 1.29 is 22.7 Å². The van der Waals surface area contributed by atoms with Crippen LogP contribution in [0.3, 0.4) is 0 Å². The summed E-state index contributed by atoms with van der Waals surface area (Å²) < 4.78 is 49.1. The van der Waals surface area contributed by atoms with Crippen LogP contribution in [-0.4, -0.2) is 108 Å². The molecule has 3 aliphatic heterocycles.